The first-order chi connectivity index (χ1) is 11.8. The van der Waals surface area contributed by atoms with E-state index in [0.717, 1.165) is 17.6 Å². The van der Waals surface area contributed by atoms with Crippen molar-refractivity contribution in [3.8, 4) is 0 Å². The summed E-state index contributed by atoms with van der Waals surface area (Å²) in [5, 5.41) is 0. The lowest BCUT2D eigenvalue weighted by Gasteiger charge is -2.30. The number of benzene rings is 2. The second-order valence-corrected chi connectivity index (χ2v) is 7.58. The summed E-state index contributed by atoms with van der Waals surface area (Å²) in [4.78, 5) is 24.3. The van der Waals surface area contributed by atoms with Gasteiger partial charge in [0.25, 0.3) is 0 Å². The third-order valence-electron chi connectivity index (χ3n) is 4.47. The van der Waals surface area contributed by atoms with E-state index in [1.165, 1.54) is 5.56 Å². The molecule has 0 amide bonds. The summed E-state index contributed by atoms with van der Waals surface area (Å²) in [5.74, 6) is 0.460. The zero-order valence-electron chi connectivity index (χ0n) is 16.0. The zero-order chi connectivity index (χ0) is 18.4. The zero-order valence-corrected chi connectivity index (χ0v) is 17.6. The smallest absolute Gasteiger partial charge is 0.193 e. The number of hydrogen-bond acceptors (Lipinski definition) is 2. The van der Waals surface area contributed by atoms with Crippen LogP contribution in [0, 0.1) is 5.92 Å². The van der Waals surface area contributed by atoms with Crippen LogP contribution in [0.2, 0.25) is 0 Å². The van der Waals surface area contributed by atoms with Gasteiger partial charge in [0.15, 0.2) is 5.78 Å². The minimum atomic E-state index is 0. The molecule has 0 atom stereocenters. The van der Waals surface area contributed by atoms with Crippen molar-refractivity contribution in [3.05, 3.63) is 71.3 Å². The molecule has 2 aromatic rings. The fraction of sp³-hybridized carbons (Fsp3) is 0.364. The lowest BCUT2D eigenvalue weighted by molar-refractivity contribution is -0.903. The summed E-state index contributed by atoms with van der Waals surface area (Å²) >= 11 is 0. The van der Waals surface area contributed by atoms with Crippen LogP contribution in [0.15, 0.2) is 54.6 Å². The Hall–Kier alpha value is -1.78. The lowest BCUT2D eigenvalue weighted by Crippen LogP contribution is -3.00. The number of ketones is 2. The molecular weight excluding hydrogens is 390 g/mol. The van der Waals surface area contributed by atoms with Gasteiger partial charge in [0.05, 0.1) is 27.1 Å². The van der Waals surface area contributed by atoms with E-state index in [4.69, 9.17) is 0 Å². The molecule has 0 aliphatic heterocycles. The van der Waals surface area contributed by atoms with Crippen LogP contribution in [0.3, 0.4) is 0 Å². The highest BCUT2D eigenvalue weighted by Gasteiger charge is 2.19. The minimum absolute atomic E-state index is 0. The Labute approximate surface area is 167 Å². The molecule has 0 aliphatic rings. The van der Waals surface area contributed by atoms with Crippen LogP contribution in [0.4, 0.5) is 0 Å². The highest BCUT2D eigenvalue weighted by Crippen LogP contribution is 2.15. The molecule has 4 heteroatoms. The van der Waals surface area contributed by atoms with E-state index in [9.17, 15) is 9.59 Å². The first kappa shape index (κ1) is 22.3. The number of rotatable bonds is 8. The number of halogens is 1. The Morgan fingerprint density at radius 1 is 0.885 bits per heavy atom. The number of carbonyl (C=O) groups excluding carboxylic acids is 2. The number of Topliss-reactive ketones (excluding diaryl/α,β-unsaturated/α-hetero) is 1. The largest absolute Gasteiger partial charge is 1.00 e. The van der Waals surface area contributed by atoms with Crippen molar-refractivity contribution in [2.24, 2.45) is 5.92 Å². The van der Waals surface area contributed by atoms with E-state index in [2.05, 4.69) is 14.1 Å². The van der Waals surface area contributed by atoms with Crippen molar-refractivity contribution < 1.29 is 31.1 Å². The molecular formula is C22H28BrNO2. The summed E-state index contributed by atoms with van der Waals surface area (Å²) in [6, 6.07) is 17.1. The van der Waals surface area contributed by atoms with E-state index >= 15 is 0 Å². The maximum Gasteiger partial charge on any atom is 0.193 e. The topological polar surface area (TPSA) is 34.1 Å². The van der Waals surface area contributed by atoms with Gasteiger partial charge in [0.1, 0.15) is 12.3 Å². The SMILES string of the molecule is CC(C)C(=O)CC[N+](C)(C)Cc1ccc(C(=O)c2ccccc2)cc1.[Br-]. The standard InChI is InChI=1S/C22H28NO2.BrH/c1-17(2)21(24)14-15-23(3,4)16-18-10-12-20(13-11-18)22(25)19-8-6-5-7-9-19;/h5-13,17H,14-16H2,1-4H3;1H/q+1;/p-1. The van der Waals surface area contributed by atoms with Crippen molar-refractivity contribution in [1.29, 1.82) is 0 Å². The maximum atomic E-state index is 12.4. The van der Waals surface area contributed by atoms with Crippen LogP contribution in [0.25, 0.3) is 0 Å². The van der Waals surface area contributed by atoms with E-state index in [0.29, 0.717) is 23.3 Å². The molecule has 2 rings (SSSR count). The second-order valence-electron chi connectivity index (χ2n) is 7.58. The lowest BCUT2D eigenvalue weighted by atomic mass is 10.0. The van der Waals surface area contributed by atoms with Crippen LogP contribution < -0.4 is 17.0 Å². The van der Waals surface area contributed by atoms with Crippen LogP contribution in [0.5, 0.6) is 0 Å². The molecule has 26 heavy (non-hydrogen) atoms. The molecule has 3 nitrogen and oxygen atoms in total. The Morgan fingerprint density at radius 2 is 1.42 bits per heavy atom. The van der Waals surface area contributed by atoms with Crippen molar-refractivity contribution in [3.63, 3.8) is 0 Å². The average Bonchev–Trinajstić information content (AvgIpc) is 2.60. The highest BCUT2D eigenvalue weighted by molar-refractivity contribution is 6.08. The molecule has 0 aliphatic carbocycles. The van der Waals surface area contributed by atoms with E-state index in [-0.39, 0.29) is 28.7 Å². The van der Waals surface area contributed by atoms with Crippen LogP contribution in [-0.4, -0.2) is 36.7 Å². The third kappa shape index (κ3) is 6.50. The maximum absolute atomic E-state index is 12.4. The Balaban J connectivity index is 0.00000338. The van der Waals surface area contributed by atoms with E-state index < -0.39 is 0 Å². The number of quaternary nitrogens is 1. The third-order valence-corrected chi connectivity index (χ3v) is 4.47. The Kier molecular flexibility index (Phi) is 8.38. The van der Waals surface area contributed by atoms with Crippen LogP contribution in [0.1, 0.15) is 41.8 Å². The summed E-state index contributed by atoms with van der Waals surface area (Å²) in [6.07, 6.45) is 0.606. The summed E-state index contributed by atoms with van der Waals surface area (Å²) in [7, 11) is 4.27. The van der Waals surface area contributed by atoms with Gasteiger partial charge >= 0.3 is 0 Å². The van der Waals surface area contributed by atoms with Gasteiger partial charge in [-0.15, -0.1) is 0 Å². The Bertz CT molecular complexity index is 722. The van der Waals surface area contributed by atoms with Gasteiger partial charge in [-0.25, -0.2) is 0 Å². The number of carbonyl (C=O) groups is 2. The molecule has 2 aromatic carbocycles. The van der Waals surface area contributed by atoms with Gasteiger partial charge in [0, 0.05) is 22.6 Å². The highest BCUT2D eigenvalue weighted by atomic mass is 79.9. The van der Waals surface area contributed by atoms with Gasteiger partial charge in [-0.2, -0.15) is 0 Å². The predicted molar refractivity (Wildman–Crippen MR) is 101 cm³/mol. The van der Waals surface area contributed by atoms with Gasteiger partial charge in [0.2, 0.25) is 0 Å². The molecule has 0 saturated carbocycles. The first-order valence-corrected chi connectivity index (χ1v) is 8.82. The first-order valence-electron chi connectivity index (χ1n) is 8.82. The molecule has 0 saturated heterocycles. The summed E-state index contributed by atoms with van der Waals surface area (Å²) in [6.45, 7) is 5.56. The van der Waals surface area contributed by atoms with Gasteiger partial charge in [-0.05, 0) is 0 Å². The van der Waals surface area contributed by atoms with Crippen molar-refractivity contribution >= 4 is 11.6 Å². The summed E-state index contributed by atoms with van der Waals surface area (Å²) in [5.41, 5.74) is 2.58. The molecule has 0 fully saturated rings. The van der Waals surface area contributed by atoms with Crippen LogP contribution >= 0.6 is 0 Å². The molecule has 0 radical (unpaired) electrons. The minimum Gasteiger partial charge on any atom is -1.00 e. The fourth-order valence-electron chi connectivity index (χ4n) is 2.79. The van der Waals surface area contributed by atoms with E-state index in [1.54, 1.807) is 0 Å². The van der Waals surface area contributed by atoms with Crippen molar-refractivity contribution in [2.45, 2.75) is 26.8 Å². The normalized spacial score (nSPS) is 11.1. The van der Waals surface area contributed by atoms with Crippen molar-refractivity contribution in [1.82, 2.24) is 0 Å². The molecule has 0 N–H and O–H groups in total. The van der Waals surface area contributed by atoms with Crippen molar-refractivity contribution in [2.75, 3.05) is 20.6 Å². The molecule has 0 heterocycles. The molecule has 140 valence electrons. The van der Waals surface area contributed by atoms with Gasteiger partial charge in [-0.3, -0.25) is 9.59 Å². The molecule has 0 spiro atoms. The number of nitrogens with zero attached hydrogens (tertiary/aromatic N) is 1. The summed E-state index contributed by atoms with van der Waals surface area (Å²) < 4.78 is 0.754. The fourth-order valence-corrected chi connectivity index (χ4v) is 2.79. The molecule has 0 bridgehead atoms. The quantitative estimate of drug-likeness (QED) is 0.476. The van der Waals surface area contributed by atoms with Gasteiger partial charge in [-0.1, -0.05) is 68.4 Å². The molecule has 0 aromatic heterocycles. The Morgan fingerprint density at radius 3 is 1.96 bits per heavy atom. The molecule has 0 unspecified atom stereocenters. The van der Waals surface area contributed by atoms with Gasteiger partial charge < -0.3 is 21.5 Å². The number of hydrogen-bond donors (Lipinski definition) is 0. The predicted octanol–water partition coefficient (Wildman–Crippen LogP) is 1.11. The average molecular weight is 418 g/mol. The monoisotopic (exact) mass is 417 g/mol. The van der Waals surface area contributed by atoms with Crippen LogP contribution in [-0.2, 0) is 11.3 Å². The second kappa shape index (κ2) is 9.79. The van der Waals surface area contributed by atoms with E-state index in [1.807, 2.05) is 68.4 Å².